The quantitative estimate of drug-likeness (QED) is 0.345. The van der Waals surface area contributed by atoms with E-state index in [4.69, 9.17) is 17.8 Å². The number of primary amides is 1. The number of rotatable bonds is 3. The molecule has 0 atom stereocenters. The van der Waals surface area contributed by atoms with Crippen molar-refractivity contribution in [1.29, 1.82) is 0 Å². The van der Waals surface area contributed by atoms with Crippen molar-refractivity contribution >= 4 is 16.0 Å². The van der Waals surface area contributed by atoms with E-state index in [-0.39, 0.29) is 0 Å². The highest BCUT2D eigenvalue weighted by Crippen LogP contribution is 2.20. The number of nitrogens with one attached hydrogen (secondary N) is 1. The summed E-state index contributed by atoms with van der Waals surface area (Å²) >= 11 is 0. The number of carbonyl (C=O) groups is 1. The van der Waals surface area contributed by atoms with Crippen molar-refractivity contribution in [1.82, 2.24) is 5.10 Å². The first-order chi connectivity index (χ1) is 11.0. The molecule has 148 valence electrons. The predicted molar refractivity (Wildman–Crippen MR) is 71.6 cm³/mol. The number of halogens is 6. The Morgan fingerprint density at radius 2 is 1.68 bits per heavy atom. The number of unbranched alkanes of at least 4 members (excludes halogenated alkanes) is 1. The van der Waals surface area contributed by atoms with E-state index in [9.17, 15) is 26.3 Å². The summed E-state index contributed by atoms with van der Waals surface area (Å²) < 4.78 is 93.1. The van der Waals surface area contributed by atoms with Crippen LogP contribution in [-0.4, -0.2) is 35.7 Å². The van der Waals surface area contributed by atoms with Crippen LogP contribution in [0.1, 0.15) is 25.5 Å². The van der Waals surface area contributed by atoms with Gasteiger partial charge in [0.15, 0.2) is 22.9 Å². The Bertz CT molecular complexity index is 624. The van der Waals surface area contributed by atoms with Crippen LogP contribution >= 0.6 is 0 Å². The van der Waals surface area contributed by atoms with E-state index in [1.165, 1.54) is 18.5 Å². The fourth-order valence-electron chi connectivity index (χ4n) is 0.962. The van der Waals surface area contributed by atoms with Crippen LogP contribution in [0.25, 0.3) is 0 Å². The van der Waals surface area contributed by atoms with Crippen LogP contribution in [0, 0.1) is 6.92 Å². The van der Waals surface area contributed by atoms with Gasteiger partial charge in [-0.2, -0.15) is 31.4 Å². The SMILES string of the molecule is CCCC[n+]1ccc(C)[nH]1.NC(=O)C(F)(F)F.O=S(=O)([O-])C(F)(F)F. The molecule has 0 bridgehead atoms. The summed E-state index contributed by atoms with van der Waals surface area (Å²) in [6.07, 6.45) is -0.263. The van der Waals surface area contributed by atoms with E-state index in [1.807, 2.05) is 0 Å². The predicted octanol–water partition coefficient (Wildman–Crippen LogP) is 1.50. The number of nitrogens with zero attached hydrogens (tertiary/aromatic N) is 1. The molecule has 0 aliphatic rings. The highest BCUT2D eigenvalue weighted by atomic mass is 32.2. The van der Waals surface area contributed by atoms with E-state index in [1.54, 1.807) is 0 Å². The van der Waals surface area contributed by atoms with Crippen LogP contribution < -0.4 is 10.4 Å². The normalized spacial score (nSPS) is 11.7. The topological polar surface area (TPSA) is 120 Å². The second kappa shape index (κ2) is 10.2. The Hall–Kier alpha value is -1.83. The number of H-pyrrole nitrogens is 1. The molecule has 1 aromatic rings. The van der Waals surface area contributed by atoms with E-state index >= 15 is 0 Å². The van der Waals surface area contributed by atoms with Crippen LogP contribution in [-0.2, 0) is 21.5 Å². The first kappa shape index (κ1) is 25.4. The summed E-state index contributed by atoms with van der Waals surface area (Å²) in [5.41, 5.74) is -0.608. The van der Waals surface area contributed by atoms with Crippen LogP contribution in [0.15, 0.2) is 12.3 Å². The second-order valence-electron chi connectivity index (χ2n) is 4.42. The Morgan fingerprint density at radius 1 is 1.28 bits per heavy atom. The summed E-state index contributed by atoms with van der Waals surface area (Å²) in [4.78, 5) is 9.12. The minimum atomic E-state index is -6.09. The maximum atomic E-state index is 10.7. The van der Waals surface area contributed by atoms with Crippen LogP contribution in [0.2, 0.25) is 0 Å². The number of aromatic nitrogens is 2. The summed E-state index contributed by atoms with van der Waals surface area (Å²) in [6.45, 7) is 5.39. The number of hydrogen-bond acceptors (Lipinski definition) is 4. The third kappa shape index (κ3) is 13.2. The first-order valence-corrected chi connectivity index (χ1v) is 7.87. The van der Waals surface area contributed by atoms with Gasteiger partial charge in [0.25, 0.3) is 0 Å². The number of alkyl halides is 6. The average Bonchev–Trinajstić information content (AvgIpc) is 2.80. The van der Waals surface area contributed by atoms with Gasteiger partial charge in [0.05, 0.1) is 5.69 Å². The van der Waals surface area contributed by atoms with Gasteiger partial charge in [-0.15, -0.1) is 4.68 Å². The molecule has 1 rings (SSSR count). The molecule has 3 N–H and O–H groups in total. The highest BCUT2D eigenvalue weighted by Gasteiger charge is 2.37. The lowest BCUT2D eigenvalue weighted by molar-refractivity contribution is -0.750. The molecular formula is C11H17F6N3O4S. The van der Waals surface area contributed by atoms with Gasteiger partial charge >= 0.3 is 17.6 Å². The molecule has 1 heterocycles. The molecule has 25 heavy (non-hydrogen) atoms. The van der Waals surface area contributed by atoms with Crippen molar-refractivity contribution in [2.75, 3.05) is 0 Å². The summed E-state index contributed by atoms with van der Waals surface area (Å²) in [5.74, 6) is -2.26. The minimum absolute atomic E-state index is 1.12. The monoisotopic (exact) mass is 401 g/mol. The molecule has 0 aromatic carbocycles. The van der Waals surface area contributed by atoms with Crippen LogP contribution in [0.5, 0.6) is 0 Å². The Labute approximate surface area is 139 Å². The number of aryl methyl sites for hydroxylation is 2. The van der Waals surface area contributed by atoms with E-state index in [0.29, 0.717) is 0 Å². The van der Waals surface area contributed by atoms with Gasteiger partial charge in [0.2, 0.25) is 0 Å². The van der Waals surface area contributed by atoms with Crippen molar-refractivity contribution in [2.24, 2.45) is 5.73 Å². The van der Waals surface area contributed by atoms with Crippen molar-refractivity contribution < 1.29 is 48.8 Å². The Morgan fingerprint density at radius 3 is 1.88 bits per heavy atom. The smallest absolute Gasteiger partial charge is 0.485 e. The molecule has 0 fully saturated rings. The highest BCUT2D eigenvalue weighted by molar-refractivity contribution is 7.86. The molecule has 0 unspecified atom stereocenters. The van der Waals surface area contributed by atoms with Gasteiger partial charge in [-0.3, -0.25) is 4.79 Å². The number of hydrogen-bond donors (Lipinski definition) is 2. The maximum Gasteiger partial charge on any atom is 0.485 e. The van der Waals surface area contributed by atoms with Crippen molar-refractivity contribution in [3.63, 3.8) is 0 Å². The minimum Gasteiger partial charge on any atom is -0.741 e. The van der Waals surface area contributed by atoms with Gasteiger partial charge in [-0.25, -0.2) is 8.42 Å². The van der Waals surface area contributed by atoms with E-state index in [0.717, 1.165) is 6.54 Å². The van der Waals surface area contributed by atoms with E-state index < -0.39 is 27.7 Å². The molecule has 7 nitrogen and oxygen atoms in total. The molecular weight excluding hydrogens is 384 g/mol. The third-order valence-corrected chi connectivity index (χ3v) is 2.71. The molecule has 1 amide bonds. The molecule has 14 heteroatoms. The van der Waals surface area contributed by atoms with Crippen molar-refractivity contribution in [3.05, 3.63) is 18.0 Å². The van der Waals surface area contributed by atoms with Gasteiger partial charge < -0.3 is 10.3 Å². The molecule has 0 spiro atoms. The third-order valence-electron chi connectivity index (χ3n) is 2.14. The lowest BCUT2D eigenvalue weighted by Crippen LogP contribution is -2.34. The molecule has 0 saturated heterocycles. The zero-order valence-corrected chi connectivity index (χ0v) is 13.9. The van der Waals surface area contributed by atoms with Crippen LogP contribution in [0.4, 0.5) is 26.3 Å². The standard InChI is InChI=1S/C8H14N2.C2H2F3NO.CHF3O3S/c1-3-4-6-10-7-5-8(2)9-10;3-2(4,5)1(6)7;2-1(3,4)8(5,6)7/h5,7H,3-4,6H2,1-2H3;(H2,6,7);(H,5,6,7). The summed E-state index contributed by atoms with van der Waals surface area (Å²) in [5, 5.41) is 3.23. The van der Waals surface area contributed by atoms with Gasteiger partial charge in [-0.1, -0.05) is 13.3 Å². The Balaban J connectivity index is 0. The number of carbonyl (C=O) groups excluding carboxylic acids is 1. The van der Waals surface area contributed by atoms with E-state index in [2.05, 4.69) is 41.6 Å². The Kier molecular flexibility index (Phi) is 10.4. The lowest BCUT2D eigenvalue weighted by atomic mass is 10.3. The zero-order chi connectivity index (χ0) is 20.5. The second-order valence-corrected chi connectivity index (χ2v) is 5.79. The largest absolute Gasteiger partial charge is 0.741 e. The summed E-state index contributed by atoms with van der Waals surface area (Å²) in [6, 6.07) is 2.09. The number of aromatic amines is 1. The van der Waals surface area contributed by atoms with Gasteiger partial charge in [0, 0.05) is 12.5 Å². The molecule has 1 aromatic heterocycles. The lowest BCUT2D eigenvalue weighted by Gasteiger charge is -2.08. The molecule has 0 aliphatic carbocycles. The first-order valence-electron chi connectivity index (χ1n) is 6.46. The molecule has 0 radical (unpaired) electrons. The van der Waals surface area contributed by atoms with Crippen molar-refractivity contribution in [3.8, 4) is 0 Å². The van der Waals surface area contributed by atoms with Crippen LogP contribution in [0.3, 0.4) is 0 Å². The van der Waals surface area contributed by atoms with Gasteiger partial charge in [-0.05, 0) is 6.92 Å². The fraction of sp³-hybridized carbons (Fsp3) is 0.636. The number of amides is 1. The number of nitrogens with two attached hydrogens (primary N) is 1. The molecule has 0 saturated carbocycles. The zero-order valence-electron chi connectivity index (χ0n) is 13.1. The average molecular weight is 401 g/mol. The van der Waals surface area contributed by atoms with Crippen molar-refractivity contribution in [2.45, 2.75) is 44.9 Å². The summed E-state index contributed by atoms with van der Waals surface area (Å²) in [7, 11) is -6.09. The fourth-order valence-corrected chi connectivity index (χ4v) is 0.962. The maximum absolute atomic E-state index is 10.7. The molecule has 0 aliphatic heterocycles. The van der Waals surface area contributed by atoms with Gasteiger partial charge in [0.1, 0.15) is 0 Å².